The van der Waals surface area contributed by atoms with Crippen molar-refractivity contribution in [2.75, 3.05) is 11.1 Å². The van der Waals surface area contributed by atoms with Gasteiger partial charge < -0.3 is 10.1 Å². The van der Waals surface area contributed by atoms with Crippen LogP contribution in [0.3, 0.4) is 0 Å². The molecule has 1 aliphatic carbocycles. The molecule has 0 spiro atoms. The summed E-state index contributed by atoms with van der Waals surface area (Å²) in [5, 5.41) is 2.85. The monoisotopic (exact) mass is 540 g/mol. The van der Waals surface area contributed by atoms with Crippen molar-refractivity contribution >= 4 is 27.1 Å². The molecule has 0 bridgehead atoms. The van der Waals surface area contributed by atoms with Gasteiger partial charge in [0.05, 0.1) is 23.6 Å². The topological polar surface area (TPSA) is 76.8 Å². The maximum Gasteiger partial charge on any atom is 0.228 e. The molecule has 4 aromatic carbocycles. The average molecular weight is 541 g/mol. The summed E-state index contributed by atoms with van der Waals surface area (Å²) in [4.78, 5) is 16.5. The molecule has 1 amide bonds. The molecule has 6 nitrogen and oxygen atoms in total. The van der Waals surface area contributed by atoms with Crippen LogP contribution in [-0.4, -0.2) is 20.1 Å². The second-order valence-corrected chi connectivity index (χ2v) is 11.6. The Labute approximate surface area is 226 Å². The third-order valence-electron chi connectivity index (χ3n) is 6.40. The zero-order valence-corrected chi connectivity index (χ0v) is 21.7. The highest BCUT2D eigenvalue weighted by atomic mass is 32.2. The number of sulfone groups is 1. The predicted molar refractivity (Wildman–Crippen MR) is 148 cm³/mol. The maximum atomic E-state index is 13.8. The van der Waals surface area contributed by atoms with Crippen LogP contribution in [0.5, 0.6) is 11.5 Å². The van der Waals surface area contributed by atoms with Crippen LogP contribution < -0.4 is 10.1 Å². The van der Waals surface area contributed by atoms with Gasteiger partial charge in [-0.3, -0.25) is 4.79 Å². The first-order valence-electron chi connectivity index (χ1n) is 12.5. The van der Waals surface area contributed by atoms with E-state index in [1.54, 1.807) is 78.9 Å². The molecule has 39 heavy (non-hydrogen) atoms. The number of halogens is 1. The lowest BCUT2D eigenvalue weighted by Crippen LogP contribution is -2.14. The summed E-state index contributed by atoms with van der Waals surface area (Å²) in [6, 6.07) is 24.4. The standard InChI is InChI=1S/C31H25FN2O4S/c1-33-25-11-9-23(10-12-25)29-16-13-26(19-30(29)38-27-4-2-3-24(32)18-27)34-31(35)17-21-7-14-28(15-8-21)39(36,37)20-22-5-6-22/h2-4,7-16,18-19,22H,5-6,17,20H2,(H,34,35). The number of hydrogen-bond donors (Lipinski definition) is 1. The fourth-order valence-corrected chi connectivity index (χ4v) is 5.89. The zero-order valence-electron chi connectivity index (χ0n) is 20.9. The number of hydrogen-bond acceptors (Lipinski definition) is 4. The number of carbonyl (C=O) groups excluding carboxylic acids is 1. The van der Waals surface area contributed by atoms with E-state index in [0.29, 0.717) is 34.0 Å². The Balaban J connectivity index is 1.34. The molecule has 4 aromatic rings. The molecule has 1 saturated carbocycles. The molecule has 0 saturated heterocycles. The van der Waals surface area contributed by atoms with Crippen molar-refractivity contribution < 1.29 is 22.3 Å². The van der Waals surface area contributed by atoms with Crippen LogP contribution in [0, 0.1) is 18.3 Å². The molecule has 196 valence electrons. The van der Waals surface area contributed by atoms with Crippen molar-refractivity contribution in [1.82, 2.24) is 0 Å². The summed E-state index contributed by atoms with van der Waals surface area (Å²) < 4.78 is 44.7. The first-order valence-corrected chi connectivity index (χ1v) is 14.1. The number of nitrogens with zero attached hydrogens (tertiary/aromatic N) is 1. The molecule has 0 unspecified atom stereocenters. The Morgan fingerprint density at radius 2 is 1.72 bits per heavy atom. The highest BCUT2D eigenvalue weighted by Crippen LogP contribution is 2.37. The molecule has 0 aliphatic heterocycles. The van der Waals surface area contributed by atoms with Gasteiger partial charge in [-0.15, -0.1) is 0 Å². The molecule has 5 rings (SSSR count). The first kappa shape index (κ1) is 26.1. The van der Waals surface area contributed by atoms with Crippen LogP contribution in [0.25, 0.3) is 16.0 Å². The second kappa shape index (κ2) is 11.1. The Hall–Kier alpha value is -4.48. The minimum absolute atomic E-state index is 0.0584. The smallest absolute Gasteiger partial charge is 0.228 e. The third kappa shape index (κ3) is 6.70. The van der Waals surface area contributed by atoms with Gasteiger partial charge in [0.2, 0.25) is 5.91 Å². The van der Waals surface area contributed by atoms with Crippen molar-refractivity contribution in [2.24, 2.45) is 5.92 Å². The Morgan fingerprint density at radius 1 is 0.974 bits per heavy atom. The Morgan fingerprint density at radius 3 is 2.38 bits per heavy atom. The van der Waals surface area contributed by atoms with Crippen molar-refractivity contribution in [2.45, 2.75) is 24.2 Å². The summed E-state index contributed by atoms with van der Waals surface area (Å²) in [5.74, 6) is 0.418. The quantitative estimate of drug-likeness (QED) is 0.228. The van der Waals surface area contributed by atoms with Crippen LogP contribution in [0.1, 0.15) is 18.4 Å². The maximum absolute atomic E-state index is 13.8. The predicted octanol–water partition coefficient (Wildman–Crippen LogP) is 7.20. The van der Waals surface area contributed by atoms with Gasteiger partial charge in [-0.1, -0.05) is 42.5 Å². The van der Waals surface area contributed by atoms with Gasteiger partial charge in [0.25, 0.3) is 0 Å². The van der Waals surface area contributed by atoms with E-state index >= 15 is 0 Å². The van der Waals surface area contributed by atoms with Gasteiger partial charge >= 0.3 is 0 Å². The highest BCUT2D eigenvalue weighted by molar-refractivity contribution is 7.91. The number of ether oxygens (including phenoxy) is 1. The summed E-state index contributed by atoms with van der Waals surface area (Å²) in [6.07, 6.45) is 1.98. The number of benzene rings is 4. The largest absolute Gasteiger partial charge is 0.457 e. The lowest BCUT2D eigenvalue weighted by molar-refractivity contribution is -0.115. The summed E-state index contributed by atoms with van der Waals surface area (Å²) in [7, 11) is -3.31. The third-order valence-corrected chi connectivity index (χ3v) is 8.30. The van der Waals surface area contributed by atoms with Gasteiger partial charge in [-0.25, -0.2) is 17.7 Å². The minimum atomic E-state index is -3.31. The van der Waals surface area contributed by atoms with Crippen LogP contribution in [0.4, 0.5) is 15.8 Å². The van der Waals surface area contributed by atoms with Gasteiger partial charge in [0, 0.05) is 23.4 Å². The number of rotatable bonds is 9. The van der Waals surface area contributed by atoms with Gasteiger partial charge in [0.1, 0.15) is 17.3 Å². The van der Waals surface area contributed by atoms with Crippen molar-refractivity contribution in [1.29, 1.82) is 0 Å². The molecule has 0 heterocycles. The van der Waals surface area contributed by atoms with Crippen LogP contribution in [0.2, 0.25) is 0 Å². The zero-order chi connectivity index (χ0) is 27.4. The number of amides is 1. The second-order valence-electron chi connectivity index (χ2n) is 9.52. The van der Waals surface area contributed by atoms with Gasteiger partial charge in [-0.2, -0.15) is 0 Å². The van der Waals surface area contributed by atoms with E-state index < -0.39 is 15.7 Å². The molecule has 0 radical (unpaired) electrons. The van der Waals surface area contributed by atoms with E-state index in [4.69, 9.17) is 11.3 Å². The fraction of sp³-hybridized carbons (Fsp3) is 0.161. The van der Waals surface area contributed by atoms with E-state index in [-0.39, 0.29) is 28.9 Å². The molecule has 1 N–H and O–H groups in total. The first-order chi connectivity index (χ1) is 18.8. The Kier molecular flexibility index (Phi) is 7.44. The van der Waals surface area contributed by atoms with Gasteiger partial charge in [0.15, 0.2) is 15.5 Å². The van der Waals surface area contributed by atoms with Crippen molar-refractivity contribution in [3.05, 3.63) is 114 Å². The molecule has 8 heteroatoms. The number of nitrogens with one attached hydrogen (secondary N) is 1. The normalized spacial score (nSPS) is 12.9. The average Bonchev–Trinajstić information content (AvgIpc) is 3.73. The van der Waals surface area contributed by atoms with Gasteiger partial charge in [-0.05, 0) is 66.3 Å². The lowest BCUT2D eigenvalue weighted by atomic mass is 10.0. The van der Waals surface area contributed by atoms with E-state index in [9.17, 15) is 17.6 Å². The number of carbonyl (C=O) groups is 1. The molecular weight excluding hydrogens is 515 g/mol. The minimum Gasteiger partial charge on any atom is -0.457 e. The summed E-state index contributed by atoms with van der Waals surface area (Å²) in [6.45, 7) is 7.17. The van der Waals surface area contributed by atoms with E-state index in [1.807, 2.05) is 0 Å². The lowest BCUT2D eigenvalue weighted by Gasteiger charge is -2.14. The molecule has 1 aliphatic rings. The van der Waals surface area contributed by atoms with E-state index in [1.165, 1.54) is 12.1 Å². The summed E-state index contributed by atoms with van der Waals surface area (Å²) >= 11 is 0. The molecule has 0 aromatic heterocycles. The molecule has 1 fully saturated rings. The molecular formula is C31H25FN2O4S. The fourth-order valence-electron chi connectivity index (χ4n) is 4.19. The SMILES string of the molecule is [C-]#[N+]c1ccc(-c2ccc(NC(=O)Cc3ccc(S(=O)(=O)CC4CC4)cc3)cc2Oc2cccc(F)c2)cc1. The van der Waals surface area contributed by atoms with Crippen LogP contribution >= 0.6 is 0 Å². The molecule has 0 atom stereocenters. The van der Waals surface area contributed by atoms with Crippen molar-refractivity contribution in [3.8, 4) is 22.6 Å². The number of anilines is 1. The van der Waals surface area contributed by atoms with Crippen LogP contribution in [-0.2, 0) is 21.1 Å². The van der Waals surface area contributed by atoms with Crippen molar-refractivity contribution in [3.63, 3.8) is 0 Å². The highest BCUT2D eigenvalue weighted by Gasteiger charge is 2.29. The Bertz CT molecular complexity index is 1660. The summed E-state index contributed by atoms with van der Waals surface area (Å²) in [5.41, 5.74) is 3.17. The van der Waals surface area contributed by atoms with E-state index in [0.717, 1.165) is 18.4 Å². The van der Waals surface area contributed by atoms with Crippen LogP contribution in [0.15, 0.2) is 95.9 Å². The van der Waals surface area contributed by atoms with E-state index in [2.05, 4.69) is 10.2 Å².